The Kier molecular flexibility index (Phi) is 4.55. The molecule has 7 heteroatoms. The molecule has 1 aliphatic rings. The highest BCUT2D eigenvalue weighted by molar-refractivity contribution is 5.80. The smallest absolute Gasteiger partial charge is 0.151 e. The fourth-order valence-electron chi connectivity index (χ4n) is 2.12. The molecule has 22 heavy (non-hydrogen) atoms. The number of rotatable bonds is 4. The highest BCUT2D eigenvalue weighted by Gasteiger charge is 2.12. The van der Waals surface area contributed by atoms with Gasteiger partial charge < -0.3 is 9.64 Å². The molecule has 1 aliphatic heterocycles. The second-order valence-corrected chi connectivity index (χ2v) is 4.75. The average Bonchev–Trinajstić information content (AvgIpc) is 2.58. The van der Waals surface area contributed by atoms with E-state index in [-0.39, 0.29) is 5.82 Å². The first-order valence-corrected chi connectivity index (χ1v) is 7.01. The minimum Gasteiger partial charge on any atom is -0.378 e. The summed E-state index contributed by atoms with van der Waals surface area (Å²) in [6, 6.07) is 8.25. The van der Waals surface area contributed by atoms with E-state index < -0.39 is 0 Å². The molecule has 0 amide bonds. The van der Waals surface area contributed by atoms with Gasteiger partial charge in [0.1, 0.15) is 18.0 Å². The predicted octanol–water partition coefficient (Wildman–Crippen LogP) is 1.90. The molecule has 1 N–H and O–H groups in total. The topological polar surface area (TPSA) is 62.6 Å². The zero-order chi connectivity index (χ0) is 15.2. The lowest BCUT2D eigenvalue weighted by Crippen LogP contribution is -2.36. The number of hydrogen-bond donors (Lipinski definition) is 1. The van der Waals surface area contributed by atoms with Crippen molar-refractivity contribution in [2.75, 3.05) is 36.6 Å². The number of ether oxygens (including phenoxy) is 1. The molecule has 0 unspecified atom stereocenters. The van der Waals surface area contributed by atoms with Crippen molar-refractivity contribution >= 4 is 17.9 Å². The quantitative estimate of drug-likeness (QED) is 0.690. The van der Waals surface area contributed by atoms with Crippen LogP contribution in [0, 0.1) is 5.82 Å². The fourth-order valence-corrected chi connectivity index (χ4v) is 2.12. The van der Waals surface area contributed by atoms with Crippen LogP contribution in [0.1, 0.15) is 5.56 Å². The Morgan fingerprint density at radius 3 is 2.86 bits per heavy atom. The van der Waals surface area contributed by atoms with Crippen LogP contribution in [0.15, 0.2) is 41.8 Å². The van der Waals surface area contributed by atoms with Gasteiger partial charge in [-0.15, -0.1) is 0 Å². The van der Waals surface area contributed by atoms with E-state index in [1.165, 1.54) is 18.6 Å². The van der Waals surface area contributed by atoms with Crippen LogP contribution in [-0.2, 0) is 4.74 Å². The molecule has 0 radical (unpaired) electrons. The van der Waals surface area contributed by atoms with Gasteiger partial charge in [0.2, 0.25) is 0 Å². The molecule has 1 saturated heterocycles. The van der Waals surface area contributed by atoms with Crippen LogP contribution in [0.2, 0.25) is 0 Å². The normalized spacial score (nSPS) is 15.2. The number of anilines is 2. The molecular formula is C15H16FN5O. The third kappa shape index (κ3) is 3.56. The number of nitrogens with zero attached hydrogens (tertiary/aromatic N) is 4. The predicted molar refractivity (Wildman–Crippen MR) is 82.7 cm³/mol. The fraction of sp³-hybridized carbons (Fsp3) is 0.267. The first kappa shape index (κ1) is 14.4. The van der Waals surface area contributed by atoms with Gasteiger partial charge in [-0.2, -0.15) is 5.10 Å². The van der Waals surface area contributed by atoms with Crippen molar-refractivity contribution in [2.45, 2.75) is 0 Å². The molecule has 0 bridgehead atoms. The van der Waals surface area contributed by atoms with E-state index in [9.17, 15) is 4.39 Å². The third-order valence-electron chi connectivity index (χ3n) is 3.28. The molecule has 1 aromatic carbocycles. The number of aromatic nitrogens is 2. The molecule has 0 saturated carbocycles. The summed E-state index contributed by atoms with van der Waals surface area (Å²) in [6.45, 7) is 2.99. The van der Waals surface area contributed by atoms with Crippen LogP contribution < -0.4 is 10.3 Å². The van der Waals surface area contributed by atoms with Gasteiger partial charge >= 0.3 is 0 Å². The maximum absolute atomic E-state index is 13.5. The van der Waals surface area contributed by atoms with Crippen molar-refractivity contribution in [1.82, 2.24) is 9.97 Å². The van der Waals surface area contributed by atoms with E-state index in [1.807, 2.05) is 6.07 Å². The Morgan fingerprint density at radius 1 is 1.23 bits per heavy atom. The van der Waals surface area contributed by atoms with Gasteiger partial charge in [0.05, 0.1) is 19.4 Å². The lowest BCUT2D eigenvalue weighted by atomic mass is 10.2. The van der Waals surface area contributed by atoms with E-state index in [2.05, 4.69) is 25.4 Å². The summed E-state index contributed by atoms with van der Waals surface area (Å²) in [5.41, 5.74) is 3.21. The molecular weight excluding hydrogens is 285 g/mol. The van der Waals surface area contributed by atoms with E-state index in [4.69, 9.17) is 4.74 Å². The molecule has 1 fully saturated rings. The van der Waals surface area contributed by atoms with Crippen LogP contribution >= 0.6 is 0 Å². The van der Waals surface area contributed by atoms with Gasteiger partial charge in [-0.05, 0) is 6.07 Å². The van der Waals surface area contributed by atoms with Crippen molar-refractivity contribution in [3.63, 3.8) is 0 Å². The van der Waals surface area contributed by atoms with Gasteiger partial charge in [0.15, 0.2) is 5.82 Å². The molecule has 114 valence electrons. The number of hydrazone groups is 1. The number of nitrogens with one attached hydrogen (secondary N) is 1. The molecule has 0 atom stereocenters. The number of hydrogen-bond acceptors (Lipinski definition) is 6. The maximum atomic E-state index is 13.5. The second-order valence-electron chi connectivity index (χ2n) is 4.75. The standard InChI is InChI=1S/C15H16FN5O/c16-13-4-2-1-3-12(13)10-19-20-14-9-15(18-11-17-14)21-5-7-22-8-6-21/h1-4,9-11H,5-8H2,(H,17,18,20). The van der Waals surface area contributed by atoms with Gasteiger partial charge in [-0.1, -0.05) is 18.2 Å². The van der Waals surface area contributed by atoms with E-state index in [0.29, 0.717) is 24.6 Å². The molecule has 0 aliphatic carbocycles. The van der Waals surface area contributed by atoms with Gasteiger partial charge in [-0.25, -0.2) is 14.4 Å². The maximum Gasteiger partial charge on any atom is 0.151 e. The SMILES string of the molecule is Fc1ccccc1C=NNc1cc(N2CCOCC2)ncn1. The average molecular weight is 301 g/mol. The molecule has 3 rings (SSSR count). The first-order chi connectivity index (χ1) is 10.8. The summed E-state index contributed by atoms with van der Waals surface area (Å²) in [7, 11) is 0. The summed E-state index contributed by atoms with van der Waals surface area (Å²) in [4.78, 5) is 10.5. The van der Waals surface area contributed by atoms with Crippen LogP contribution in [0.25, 0.3) is 0 Å². The molecule has 1 aromatic heterocycles. The van der Waals surface area contributed by atoms with Gasteiger partial charge in [0.25, 0.3) is 0 Å². The summed E-state index contributed by atoms with van der Waals surface area (Å²) >= 11 is 0. The Labute approximate surface area is 127 Å². The number of benzene rings is 1. The largest absolute Gasteiger partial charge is 0.378 e. The van der Waals surface area contributed by atoms with Crippen molar-refractivity contribution in [2.24, 2.45) is 5.10 Å². The lowest BCUT2D eigenvalue weighted by Gasteiger charge is -2.27. The summed E-state index contributed by atoms with van der Waals surface area (Å²) < 4.78 is 18.8. The Balaban J connectivity index is 1.66. The van der Waals surface area contributed by atoms with Crippen LogP contribution in [0.5, 0.6) is 0 Å². The Morgan fingerprint density at radius 2 is 2.05 bits per heavy atom. The summed E-state index contributed by atoms with van der Waals surface area (Å²) in [6.07, 6.45) is 2.90. The summed E-state index contributed by atoms with van der Waals surface area (Å²) in [5, 5.41) is 4.01. The molecule has 2 heterocycles. The van der Waals surface area contributed by atoms with Crippen LogP contribution in [0.3, 0.4) is 0 Å². The Hall–Kier alpha value is -2.54. The van der Waals surface area contributed by atoms with Gasteiger partial charge in [0, 0.05) is 24.7 Å². The van der Waals surface area contributed by atoms with E-state index in [1.54, 1.807) is 18.2 Å². The zero-order valence-electron chi connectivity index (χ0n) is 11.9. The molecule has 0 spiro atoms. The monoisotopic (exact) mass is 301 g/mol. The second kappa shape index (κ2) is 6.95. The number of halogens is 1. The lowest BCUT2D eigenvalue weighted by molar-refractivity contribution is 0.122. The highest BCUT2D eigenvalue weighted by atomic mass is 19.1. The van der Waals surface area contributed by atoms with Gasteiger partial charge in [-0.3, -0.25) is 5.43 Å². The zero-order valence-corrected chi connectivity index (χ0v) is 11.9. The molecule has 6 nitrogen and oxygen atoms in total. The molecule has 2 aromatic rings. The van der Waals surface area contributed by atoms with Crippen LogP contribution in [-0.4, -0.2) is 42.5 Å². The van der Waals surface area contributed by atoms with E-state index >= 15 is 0 Å². The van der Waals surface area contributed by atoms with Crippen molar-refractivity contribution < 1.29 is 9.13 Å². The highest BCUT2D eigenvalue weighted by Crippen LogP contribution is 2.15. The van der Waals surface area contributed by atoms with Crippen molar-refractivity contribution in [3.8, 4) is 0 Å². The minimum absolute atomic E-state index is 0.315. The number of morpholine rings is 1. The third-order valence-corrected chi connectivity index (χ3v) is 3.28. The Bertz CT molecular complexity index is 658. The summed E-state index contributed by atoms with van der Waals surface area (Å²) in [5.74, 6) is 1.07. The van der Waals surface area contributed by atoms with Crippen molar-refractivity contribution in [3.05, 3.63) is 48.0 Å². The minimum atomic E-state index is -0.315. The van der Waals surface area contributed by atoms with Crippen molar-refractivity contribution in [1.29, 1.82) is 0 Å². The first-order valence-electron chi connectivity index (χ1n) is 7.01. The van der Waals surface area contributed by atoms with E-state index in [0.717, 1.165) is 18.9 Å². The van der Waals surface area contributed by atoms with Crippen LogP contribution in [0.4, 0.5) is 16.0 Å².